The molecule has 6 nitrogen and oxygen atoms in total. The minimum atomic E-state index is -0.367. The molecule has 1 aromatic carbocycles. The Morgan fingerprint density at radius 1 is 1.44 bits per heavy atom. The van der Waals surface area contributed by atoms with E-state index in [1.54, 1.807) is 11.5 Å². The topological polar surface area (TPSA) is 73.0 Å². The molecule has 0 bridgehead atoms. The summed E-state index contributed by atoms with van der Waals surface area (Å²) in [6.45, 7) is 2.08. The maximum absolute atomic E-state index is 11.5. The number of benzene rings is 1. The van der Waals surface area contributed by atoms with Gasteiger partial charge < -0.3 is 9.30 Å². The minimum absolute atomic E-state index is 0.0200. The van der Waals surface area contributed by atoms with Crippen molar-refractivity contribution in [1.29, 1.82) is 0 Å². The number of aromatic nitrogens is 1. The molecule has 2 aromatic rings. The Labute approximate surface area is 106 Å². The van der Waals surface area contributed by atoms with Crippen LogP contribution in [0.3, 0.4) is 0 Å². The van der Waals surface area contributed by atoms with Crippen LogP contribution in [-0.4, -0.2) is 17.1 Å². The third-order valence-corrected chi connectivity index (χ3v) is 3.36. The molecule has 0 spiro atoms. The average Bonchev–Trinajstić information content (AvgIpc) is 2.69. The van der Waals surface area contributed by atoms with Gasteiger partial charge in [0.15, 0.2) is 0 Å². The first-order chi connectivity index (χ1) is 8.76. The van der Waals surface area contributed by atoms with Crippen molar-refractivity contribution in [3.05, 3.63) is 34.0 Å². The summed E-state index contributed by atoms with van der Waals surface area (Å²) in [7, 11) is 0. The van der Waals surface area contributed by atoms with Crippen LogP contribution in [0.15, 0.2) is 34.7 Å². The molecule has 0 aliphatic carbocycles. The number of rotatable bonds is 4. The molecular formula is C11H11N3O3S. The molecule has 0 N–H and O–H groups in total. The lowest BCUT2D eigenvalue weighted by Crippen LogP contribution is -2.21. The Kier molecular flexibility index (Phi) is 3.83. The number of nitroso groups, excluding NO2 is 1. The molecule has 0 amide bonds. The maximum atomic E-state index is 11.5. The van der Waals surface area contributed by atoms with E-state index in [1.807, 2.05) is 24.3 Å². The van der Waals surface area contributed by atoms with E-state index >= 15 is 0 Å². The number of hydrogen-bond acceptors (Lipinski definition) is 5. The lowest BCUT2D eigenvalue weighted by molar-refractivity contribution is -0.143. The van der Waals surface area contributed by atoms with Crippen LogP contribution in [0.1, 0.15) is 6.92 Å². The molecule has 0 atom stereocenters. The highest BCUT2D eigenvalue weighted by Crippen LogP contribution is 2.16. The highest BCUT2D eigenvalue weighted by atomic mass is 32.1. The van der Waals surface area contributed by atoms with Crippen molar-refractivity contribution in [2.45, 2.75) is 13.5 Å². The van der Waals surface area contributed by atoms with Gasteiger partial charge in [0.2, 0.25) is 4.80 Å². The Balaban J connectivity index is 2.52. The fraction of sp³-hybridized carbons (Fsp3) is 0.273. The number of ether oxygens (including phenoxy) is 1. The zero-order valence-electron chi connectivity index (χ0n) is 9.70. The summed E-state index contributed by atoms with van der Waals surface area (Å²) < 4.78 is 7.45. The third-order valence-electron chi connectivity index (χ3n) is 2.31. The molecule has 0 radical (unpaired) electrons. The van der Waals surface area contributed by atoms with E-state index in [1.165, 1.54) is 11.3 Å². The second-order valence-electron chi connectivity index (χ2n) is 3.43. The predicted molar refractivity (Wildman–Crippen MR) is 67.8 cm³/mol. The lowest BCUT2D eigenvalue weighted by atomic mass is 10.3. The molecular weight excluding hydrogens is 254 g/mol. The SMILES string of the molecule is CCOC(=O)Cn1c(=NN=O)sc2ccccc21. The molecule has 0 saturated carbocycles. The van der Waals surface area contributed by atoms with Crippen LogP contribution >= 0.6 is 11.3 Å². The highest BCUT2D eigenvalue weighted by molar-refractivity contribution is 7.16. The maximum Gasteiger partial charge on any atom is 0.326 e. The normalized spacial score (nSPS) is 11.7. The quantitative estimate of drug-likeness (QED) is 0.481. The van der Waals surface area contributed by atoms with E-state index in [-0.39, 0.29) is 12.5 Å². The van der Waals surface area contributed by atoms with Gasteiger partial charge in [0.25, 0.3) is 0 Å². The third kappa shape index (κ3) is 2.45. The van der Waals surface area contributed by atoms with E-state index in [9.17, 15) is 9.70 Å². The number of nitrogens with zero attached hydrogens (tertiary/aromatic N) is 3. The summed E-state index contributed by atoms with van der Waals surface area (Å²) in [5.41, 5.74) is 0.831. The van der Waals surface area contributed by atoms with Crippen molar-refractivity contribution in [2.24, 2.45) is 10.4 Å². The van der Waals surface area contributed by atoms with Gasteiger partial charge in [-0.3, -0.25) is 4.79 Å². The lowest BCUT2D eigenvalue weighted by Gasteiger charge is -2.04. The molecule has 0 saturated heterocycles. The van der Waals surface area contributed by atoms with Gasteiger partial charge in [0.05, 0.1) is 22.1 Å². The summed E-state index contributed by atoms with van der Waals surface area (Å²) in [5, 5.41) is 6.03. The Bertz CT molecular complexity index is 644. The fourth-order valence-electron chi connectivity index (χ4n) is 1.62. The van der Waals surface area contributed by atoms with E-state index in [0.29, 0.717) is 11.4 Å². The van der Waals surface area contributed by atoms with Gasteiger partial charge in [0.1, 0.15) is 6.54 Å². The number of carbonyl (C=O) groups is 1. The smallest absolute Gasteiger partial charge is 0.326 e. The van der Waals surface area contributed by atoms with Gasteiger partial charge in [-0.15, -0.1) is 4.91 Å². The van der Waals surface area contributed by atoms with Crippen molar-refractivity contribution >= 4 is 27.5 Å². The fourth-order valence-corrected chi connectivity index (χ4v) is 2.59. The average molecular weight is 265 g/mol. The minimum Gasteiger partial charge on any atom is -0.465 e. The number of hydrogen-bond donors (Lipinski definition) is 0. The van der Waals surface area contributed by atoms with Gasteiger partial charge >= 0.3 is 5.97 Å². The zero-order valence-corrected chi connectivity index (χ0v) is 10.5. The second kappa shape index (κ2) is 5.54. The standard InChI is InChI=1S/C11H11N3O3S/c1-2-17-10(15)7-14-8-5-3-4-6-9(8)18-11(14)12-13-16/h3-6H,2,7H2,1H3. The van der Waals surface area contributed by atoms with E-state index < -0.39 is 0 Å². The predicted octanol–water partition coefficient (Wildman–Crippen LogP) is 1.85. The first-order valence-corrected chi connectivity index (χ1v) is 6.18. The van der Waals surface area contributed by atoms with Crippen molar-refractivity contribution in [3.63, 3.8) is 0 Å². The monoisotopic (exact) mass is 265 g/mol. The van der Waals surface area contributed by atoms with Crippen LogP contribution in [0.25, 0.3) is 10.2 Å². The van der Waals surface area contributed by atoms with Gasteiger partial charge in [-0.2, -0.15) is 0 Å². The molecule has 1 heterocycles. The van der Waals surface area contributed by atoms with E-state index in [2.05, 4.69) is 10.4 Å². The molecule has 18 heavy (non-hydrogen) atoms. The molecule has 94 valence electrons. The summed E-state index contributed by atoms with van der Waals surface area (Å²) in [6.07, 6.45) is 0. The van der Waals surface area contributed by atoms with Crippen LogP contribution in [-0.2, 0) is 16.1 Å². The summed E-state index contributed by atoms with van der Waals surface area (Å²) in [5.74, 6) is -0.367. The molecule has 1 aromatic heterocycles. The molecule has 2 rings (SSSR count). The van der Waals surface area contributed by atoms with Crippen molar-refractivity contribution in [3.8, 4) is 0 Å². The van der Waals surface area contributed by atoms with Crippen molar-refractivity contribution in [1.82, 2.24) is 4.57 Å². The molecule has 7 heteroatoms. The van der Waals surface area contributed by atoms with Crippen LogP contribution in [0.2, 0.25) is 0 Å². The van der Waals surface area contributed by atoms with Crippen LogP contribution < -0.4 is 4.80 Å². The first-order valence-electron chi connectivity index (χ1n) is 5.36. The van der Waals surface area contributed by atoms with Crippen LogP contribution in [0.5, 0.6) is 0 Å². The molecule has 0 fully saturated rings. The van der Waals surface area contributed by atoms with Gasteiger partial charge in [-0.05, 0) is 19.1 Å². The van der Waals surface area contributed by atoms with E-state index in [4.69, 9.17) is 4.74 Å². The Morgan fingerprint density at radius 2 is 2.22 bits per heavy atom. The van der Waals surface area contributed by atoms with E-state index in [0.717, 1.165) is 10.2 Å². The van der Waals surface area contributed by atoms with Gasteiger partial charge in [-0.1, -0.05) is 28.6 Å². The summed E-state index contributed by atoms with van der Waals surface area (Å²) in [6, 6.07) is 7.49. The number of carbonyl (C=O) groups excluding carboxylic acids is 1. The summed E-state index contributed by atoms with van der Waals surface area (Å²) >= 11 is 1.30. The van der Waals surface area contributed by atoms with Crippen molar-refractivity contribution in [2.75, 3.05) is 6.61 Å². The molecule has 0 unspecified atom stereocenters. The number of thiazole rings is 1. The Morgan fingerprint density at radius 3 is 2.94 bits per heavy atom. The van der Waals surface area contributed by atoms with Crippen LogP contribution in [0, 0.1) is 4.91 Å². The van der Waals surface area contributed by atoms with Gasteiger partial charge in [-0.25, -0.2) is 0 Å². The molecule has 0 aliphatic rings. The van der Waals surface area contributed by atoms with Gasteiger partial charge in [0, 0.05) is 0 Å². The highest BCUT2D eigenvalue weighted by Gasteiger charge is 2.10. The molecule has 0 aliphatic heterocycles. The Hall–Kier alpha value is -2.02. The first kappa shape index (κ1) is 12.4. The summed E-state index contributed by atoms with van der Waals surface area (Å²) in [4.78, 5) is 22.2. The second-order valence-corrected chi connectivity index (χ2v) is 4.43. The largest absolute Gasteiger partial charge is 0.465 e. The zero-order chi connectivity index (χ0) is 13.0. The number of esters is 1. The number of fused-ring (bicyclic) bond motifs is 1. The van der Waals surface area contributed by atoms with Crippen LogP contribution in [0.4, 0.5) is 0 Å². The number of para-hydroxylation sites is 1. The van der Waals surface area contributed by atoms with Crippen molar-refractivity contribution < 1.29 is 9.53 Å².